The number of benzene rings is 1. The van der Waals surface area contributed by atoms with Crippen molar-refractivity contribution >= 4 is 17.5 Å². The molecule has 32 heavy (non-hydrogen) atoms. The van der Waals surface area contributed by atoms with E-state index in [9.17, 15) is 9.59 Å². The molecule has 5 rings (SSSR count). The first kappa shape index (κ1) is 20.7. The quantitative estimate of drug-likeness (QED) is 0.776. The average molecular weight is 433 g/mol. The molecule has 0 saturated carbocycles. The van der Waals surface area contributed by atoms with Gasteiger partial charge in [0.15, 0.2) is 0 Å². The number of nitrogens with zero attached hydrogens (tertiary/aromatic N) is 2. The average Bonchev–Trinajstić information content (AvgIpc) is 3.48. The summed E-state index contributed by atoms with van der Waals surface area (Å²) in [6, 6.07) is 9.95. The zero-order valence-corrected chi connectivity index (χ0v) is 18.0. The van der Waals surface area contributed by atoms with Gasteiger partial charge in [-0.15, -0.1) is 0 Å². The molecule has 3 unspecified atom stereocenters. The Morgan fingerprint density at radius 3 is 2.69 bits per heavy atom. The number of allylic oxidation sites excluding steroid dienone is 1. The van der Waals surface area contributed by atoms with Crippen molar-refractivity contribution in [3.8, 4) is 0 Å². The molecule has 3 aliphatic rings. The Morgan fingerprint density at radius 2 is 2.00 bits per heavy atom. The predicted octanol–water partition coefficient (Wildman–Crippen LogP) is 3.15. The van der Waals surface area contributed by atoms with Gasteiger partial charge >= 0.3 is 6.03 Å². The molecule has 0 bridgehead atoms. The lowest BCUT2D eigenvalue weighted by Gasteiger charge is -2.25. The standard InChI is InChI=1S/C25H28N4O3/c26-25(31)29-14-20-13-27-11-9-22(20)23(29)18-3-1-16(2-4-18)17-5-7-21(8-6-17)28-24(30)19-10-12-32-15-19/h1-5,9,11,13,19,21,23H,6-8,10,12,14-15H2,(H2,26,31)(H,28,30). The smallest absolute Gasteiger partial charge is 0.315 e. The molecule has 166 valence electrons. The van der Waals surface area contributed by atoms with E-state index in [1.165, 1.54) is 11.1 Å². The van der Waals surface area contributed by atoms with Gasteiger partial charge in [-0.2, -0.15) is 0 Å². The van der Waals surface area contributed by atoms with E-state index >= 15 is 0 Å². The monoisotopic (exact) mass is 432 g/mol. The number of hydrogen-bond acceptors (Lipinski definition) is 4. The first-order chi connectivity index (χ1) is 15.6. The Morgan fingerprint density at radius 1 is 1.16 bits per heavy atom. The highest BCUT2D eigenvalue weighted by molar-refractivity contribution is 5.79. The van der Waals surface area contributed by atoms with Gasteiger partial charge < -0.3 is 20.7 Å². The molecule has 7 heteroatoms. The van der Waals surface area contributed by atoms with Gasteiger partial charge in [0.05, 0.1) is 25.1 Å². The number of primary amides is 1. The molecule has 3 heterocycles. The summed E-state index contributed by atoms with van der Waals surface area (Å²) in [4.78, 5) is 30.2. The Bertz CT molecular complexity index is 1040. The maximum atomic E-state index is 12.3. The predicted molar refractivity (Wildman–Crippen MR) is 120 cm³/mol. The third-order valence-corrected chi connectivity index (χ3v) is 6.83. The highest BCUT2D eigenvalue weighted by Crippen LogP contribution is 2.38. The maximum absolute atomic E-state index is 12.3. The van der Waals surface area contributed by atoms with Crippen LogP contribution in [0.5, 0.6) is 0 Å². The number of carbonyl (C=O) groups is 2. The van der Waals surface area contributed by atoms with E-state index in [1.807, 2.05) is 6.07 Å². The minimum atomic E-state index is -0.428. The van der Waals surface area contributed by atoms with Crippen LogP contribution in [-0.2, 0) is 16.1 Å². The lowest BCUT2D eigenvalue weighted by molar-refractivity contribution is -0.125. The Kier molecular flexibility index (Phi) is 5.66. The normalized spacial score (nSPS) is 24.7. The summed E-state index contributed by atoms with van der Waals surface area (Å²) >= 11 is 0. The van der Waals surface area contributed by atoms with E-state index in [4.69, 9.17) is 10.5 Å². The number of rotatable bonds is 4. The Balaban J connectivity index is 1.27. The number of nitrogens with two attached hydrogens (primary N) is 1. The second kappa shape index (κ2) is 8.74. The lowest BCUT2D eigenvalue weighted by Crippen LogP contribution is -2.39. The number of hydrogen-bond donors (Lipinski definition) is 2. The highest BCUT2D eigenvalue weighted by atomic mass is 16.5. The fraction of sp³-hybridized carbons (Fsp3) is 0.400. The van der Waals surface area contributed by atoms with Crippen molar-refractivity contribution in [2.24, 2.45) is 11.7 Å². The van der Waals surface area contributed by atoms with Gasteiger partial charge in [0.25, 0.3) is 0 Å². The zero-order chi connectivity index (χ0) is 22.1. The van der Waals surface area contributed by atoms with E-state index in [-0.39, 0.29) is 23.9 Å². The second-order valence-corrected chi connectivity index (χ2v) is 8.83. The summed E-state index contributed by atoms with van der Waals surface area (Å²) in [5, 5.41) is 3.19. The highest BCUT2D eigenvalue weighted by Gasteiger charge is 2.33. The van der Waals surface area contributed by atoms with E-state index in [1.54, 1.807) is 17.3 Å². The fourth-order valence-corrected chi connectivity index (χ4v) is 5.01. The number of nitrogens with one attached hydrogen (secondary N) is 1. The first-order valence-electron chi connectivity index (χ1n) is 11.3. The van der Waals surface area contributed by atoms with Crippen LogP contribution in [0.15, 0.2) is 48.8 Å². The number of urea groups is 1. The van der Waals surface area contributed by atoms with Crippen LogP contribution in [-0.4, -0.2) is 41.1 Å². The Labute approximate surface area is 187 Å². The molecular weight excluding hydrogens is 404 g/mol. The van der Waals surface area contributed by atoms with Crippen LogP contribution >= 0.6 is 0 Å². The number of ether oxygens (including phenoxy) is 1. The molecule has 2 aliphatic heterocycles. The lowest BCUT2D eigenvalue weighted by atomic mass is 9.89. The van der Waals surface area contributed by atoms with Gasteiger partial charge in [-0.25, -0.2) is 4.79 Å². The molecule has 1 saturated heterocycles. The van der Waals surface area contributed by atoms with Crippen molar-refractivity contribution < 1.29 is 14.3 Å². The van der Waals surface area contributed by atoms with Gasteiger partial charge in [-0.3, -0.25) is 9.78 Å². The number of fused-ring (bicyclic) bond motifs is 1. The molecule has 1 fully saturated rings. The molecule has 7 nitrogen and oxygen atoms in total. The molecule has 3 amide bonds. The zero-order valence-electron chi connectivity index (χ0n) is 18.0. The van der Waals surface area contributed by atoms with Gasteiger partial charge in [0.1, 0.15) is 0 Å². The van der Waals surface area contributed by atoms with Crippen molar-refractivity contribution in [3.63, 3.8) is 0 Å². The topological polar surface area (TPSA) is 97.5 Å². The van der Waals surface area contributed by atoms with Crippen LogP contribution in [0.2, 0.25) is 0 Å². The van der Waals surface area contributed by atoms with Crippen LogP contribution in [0.3, 0.4) is 0 Å². The largest absolute Gasteiger partial charge is 0.381 e. The molecular formula is C25H28N4O3. The summed E-state index contributed by atoms with van der Waals surface area (Å²) in [6.45, 7) is 1.71. The van der Waals surface area contributed by atoms with E-state index in [2.05, 4.69) is 40.6 Å². The van der Waals surface area contributed by atoms with Crippen molar-refractivity contribution in [1.29, 1.82) is 0 Å². The summed E-state index contributed by atoms with van der Waals surface area (Å²) in [5.74, 6) is 0.129. The van der Waals surface area contributed by atoms with Crippen LogP contribution in [0.4, 0.5) is 4.79 Å². The number of aromatic nitrogens is 1. The van der Waals surface area contributed by atoms with Gasteiger partial charge in [-0.05, 0) is 59.6 Å². The van der Waals surface area contributed by atoms with E-state index < -0.39 is 6.03 Å². The van der Waals surface area contributed by atoms with Gasteiger partial charge in [-0.1, -0.05) is 30.3 Å². The second-order valence-electron chi connectivity index (χ2n) is 8.83. The van der Waals surface area contributed by atoms with Gasteiger partial charge in [0, 0.05) is 25.0 Å². The molecule has 0 spiro atoms. The maximum Gasteiger partial charge on any atom is 0.315 e. The fourth-order valence-electron chi connectivity index (χ4n) is 5.01. The molecule has 1 aromatic heterocycles. The molecule has 1 aromatic carbocycles. The molecule has 0 radical (unpaired) electrons. The Hall–Kier alpha value is -3.19. The molecule has 1 aliphatic carbocycles. The summed E-state index contributed by atoms with van der Waals surface area (Å²) < 4.78 is 5.32. The van der Waals surface area contributed by atoms with E-state index in [0.29, 0.717) is 19.8 Å². The number of amides is 3. The SMILES string of the molecule is NC(=O)N1Cc2cnccc2C1c1ccc(C2=CCC(NC(=O)C3CCOC3)CC2)cc1. The van der Waals surface area contributed by atoms with Crippen LogP contribution < -0.4 is 11.1 Å². The number of carbonyl (C=O) groups excluding carboxylic acids is 2. The van der Waals surface area contributed by atoms with Gasteiger partial charge in [0.2, 0.25) is 5.91 Å². The number of pyridine rings is 1. The summed E-state index contributed by atoms with van der Waals surface area (Å²) in [5.41, 5.74) is 11.3. The minimum absolute atomic E-state index is 0.00406. The third kappa shape index (κ3) is 4.00. The first-order valence-corrected chi connectivity index (χ1v) is 11.3. The third-order valence-electron chi connectivity index (χ3n) is 6.83. The van der Waals surface area contributed by atoms with Crippen LogP contribution in [0.25, 0.3) is 5.57 Å². The van der Waals surface area contributed by atoms with Crippen molar-refractivity contribution in [1.82, 2.24) is 15.2 Å². The summed E-state index contributed by atoms with van der Waals surface area (Å²) in [7, 11) is 0. The van der Waals surface area contributed by atoms with Crippen molar-refractivity contribution in [2.45, 2.75) is 44.3 Å². The van der Waals surface area contributed by atoms with Crippen LogP contribution in [0, 0.1) is 5.92 Å². The molecule has 3 N–H and O–H groups in total. The van der Waals surface area contributed by atoms with Crippen LogP contribution in [0.1, 0.15) is 54.0 Å². The molecule has 2 aromatic rings. The minimum Gasteiger partial charge on any atom is -0.381 e. The van der Waals surface area contributed by atoms with E-state index in [0.717, 1.165) is 42.4 Å². The van der Waals surface area contributed by atoms with Crippen molar-refractivity contribution in [3.05, 3.63) is 71.1 Å². The van der Waals surface area contributed by atoms with Crippen molar-refractivity contribution in [2.75, 3.05) is 13.2 Å². The molecule has 3 atom stereocenters. The summed E-state index contributed by atoms with van der Waals surface area (Å²) in [6.07, 6.45) is 9.33.